The normalized spacial score (nSPS) is 10.8. The first-order chi connectivity index (χ1) is 16.1. The van der Waals surface area contributed by atoms with Gasteiger partial charge in [-0.15, -0.1) is 11.3 Å². The molecule has 0 radical (unpaired) electrons. The maximum Gasteiger partial charge on any atom is 0.258 e. The third kappa shape index (κ3) is 5.20. The number of methoxy groups -OCH3 is 2. The summed E-state index contributed by atoms with van der Waals surface area (Å²) in [5.74, 6) is 1.01. The number of ether oxygens (including phenoxy) is 3. The lowest BCUT2D eigenvalue weighted by atomic mass is 10.1. The number of rotatable bonds is 9. The monoisotopic (exact) mass is 467 g/mol. The number of carbonyl (C=O) groups excluding carboxylic acids is 1. The third-order valence-electron chi connectivity index (χ3n) is 5.02. The van der Waals surface area contributed by atoms with Crippen LogP contribution in [0.15, 0.2) is 54.2 Å². The predicted octanol–water partition coefficient (Wildman–Crippen LogP) is 4.25. The van der Waals surface area contributed by atoms with Crippen molar-refractivity contribution in [1.29, 1.82) is 0 Å². The van der Waals surface area contributed by atoms with Crippen molar-refractivity contribution in [1.82, 2.24) is 15.3 Å². The number of fused-ring (bicyclic) bond motifs is 1. The molecule has 0 spiro atoms. The Morgan fingerprint density at radius 3 is 2.61 bits per heavy atom. The van der Waals surface area contributed by atoms with E-state index in [1.54, 1.807) is 26.4 Å². The van der Waals surface area contributed by atoms with E-state index in [1.165, 1.54) is 29.8 Å². The Morgan fingerprint density at radius 1 is 1.06 bits per heavy atom. The van der Waals surface area contributed by atoms with E-state index in [1.807, 2.05) is 23.6 Å². The highest BCUT2D eigenvalue weighted by atomic mass is 32.1. The van der Waals surface area contributed by atoms with Crippen LogP contribution in [-0.2, 0) is 11.2 Å². The Labute approximate surface area is 194 Å². The van der Waals surface area contributed by atoms with Crippen LogP contribution in [0.4, 0.5) is 4.39 Å². The van der Waals surface area contributed by atoms with Gasteiger partial charge in [-0.3, -0.25) is 4.79 Å². The molecule has 9 heteroatoms. The SMILES string of the molecule is COc1ccc(-c2csc3ncnc(OCC(=O)NCCc4ccc(F)cc4)c23)cc1OC. The molecule has 2 heterocycles. The topological polar surface area (TPSA) is 82.6 Å². The van der Waals surface area contributed by atoms with Crippen LogP contribution in [-0.4, -0.2) is 43.2 Å². The lowest BCUT2D eigenvalue weighted by Crippen LogP contribution is -2.30. The first-order valence-electron chi connectivity index (χ1n) is 10.2. The summed E-state index contributed by atoms with van der Waals surface area (Å²) in [5, 5.41) is 5.50. The molecule has 1 N–H and O–H groups in total. The number of aromatic nitrogens is 2. The van der Waals surface area contributed by atoms with Gasteiger partial charge in [0.1, 0.15) is 17.0 Å². The number of hydrogen-bond donors (Lipinski definition) is 1. The average molecular weight is 468 g/mol. The van der Waals surface area contributed by atoms with Gasteiger partial charge < -0.3 is 19.5 Å². The van der Waals surface area contributed by atoms with E-state index in [4.69, 9.17) is 14.2 Å². The number of benzene rings is 2. The van der Waals surface area contributed by atoms with E-state index in [0.29, 0.717) is 30.3 Å². The molecule has 0 unspecified atom stereocenters. The van der Waals surface area contributed by atoms with Gasteiger partial charge in [0.15, 0.2) is 18.1 Å². The molecule has 2 aromatic carbocycles. The Morgan fingerprint density at radius 2 is 1.85 bits per heavy atom. The zero-order valence-electron chi connectivity index (χ0n) is 18.1. The third-order valence-corrected chi connectivity index (χ3v) is 5.91. The van der Waals surface area contributed by atoms with Crippen LogP contribution in [0, 0.1) is 5.82 Å². The van der Waals surface area contributed by atoms with Gasteiger partial charge in [0.05, 0.1) is 19.6 Å². The minimum Gasteiger partial charge on any atom is -0.493 e. The summed E-state index contributed by atoms with van der Waals surface area (Å²) in [7, 11) is 3.17. The second-order valence-electron chi connectivity index (χ2n) is 7.09. The van der Waals surface area contributed by atoms with Gasteiger partial charge in [-0.2, -0.15) is 0 Å². The van der Waals surface area contributed by atoms with E-state index in [0.717, 1.165) is 26.9 Å². The minimum absolute atomic E-state index is 0.184. The molecule has 0 saturated heterocycles. The Bertz CT molecular complexity index is 1260. The van der Waals surface area contributed by atoms with Gasteiger partial charge in [0.25, 0.3) is 5.91 Å². The average Bonchev–Trinajstić information content (AvgIpc) is 3.28. The molecule has 4 aromatic rings. The van der Waals surface area contributed by atoms with Crippen LogP contribution in [0.1, 0.15) is 5.56 Å². The summed E-state index contributed by atoms with van der Waals surface area (Å²) in [4.78, 5) is 21.6. The van der Waals surface area contributed by atoms with E-state index < -0.39 is 0 Å². The highest BCUT2D eigenvalue weighted by Crippen LogP contribution is 2.40. The first-order valence-corrected chi connectivity index (χ1v) is 11.1. The van der Waals surface area contributed by atoms with Crippen LogP contribution in [0.3, 0.4) is 0 Å². The Kier molecular flexibility index (Phi) is 6.99. The van der Waals surface area contributed by atoms with Crippen LogP contribution < -0.4 is 19.5 Å². The molecular weight excluding hydrogens is 445 g/mol. The molecule has 0 saturated carbocycles. The van der Waals surface area contributed by atoms with Gasteiger partial charge in [-0.05, 0) is 41.8 Å². The molecule has 0 aliphatic rings. The number of hydrogen-bond acceptors (Lipinski definition) is 7. The molecule has 2 aromatic heterocycles. The molecule has 0 fully saturated rings. The molecule has 0 aliphatic heterocycles. The van der Waals surface area contributed by atoms with Gasteiger partial charge in [0.2, 0.25) is 5.88 Å². The number of halogens is 1. The summed E-state index contributed by atoms with van der Waals surface area (Å²) in [6, 6.07) is 11.8. The number of amides is 1. The molecule has 170 valence electrons. The van der Waals surface area contributed by atoms with E-state index in [2.05, 4.69) is 15.3 Å². The second kappa shape index (κ2) is 10.3. The van der Waals surface area contributed by atoms with Gasteiger partial charge in [-0.1, -0.05) is 18.2 Å². The fourth-order valence-electron chi connectivity index (χ4n) is 3.36. The Balaban J connectivity index is 1.45. The fourth-order valence-corrected chi connectivity index (χ4v) is 4.26. The van der Waals surface area contributed by atoms with E-state index >= 15 is 0 Å². The molecular formula is C24H22FN3O4S. The second-order valence-corrected chi connectivity index (χ2v) is 7.95. The molecule has 0 aliphatic carbocycles. The molecule has 7 nitrogen and oxygen atoms in total. The molecule has 33 heavy (non-hydrogen) atoms. The van der Waals surface area contributed by atoms with Crippen LogP contribution >= 0.6 is 11.3 Å². The van der Waals surface area contributed by atoms with Crippen molar-refractivity contribution in [3.8, 4) is 28.5 Å². The summed E-state index contributed by atoms with van der Waals surface area (Å²) in [6.45, 7) is 0.235. The lowest BCUT2D eigenvalue weighted by Gasteiger charge is -2.11. The van der Waals surface area contributed by atoms with E-state index in [9.17, 15) is 9.18 Å². The summed E-state index contributed by atoms with van der Waals surface area (Å²) in [6.07, 6.45) is 2.01. The largest absolute Gasteiger partial charge is 0.493 e. The van der Waals surface area contributed by atoms with Gasteiger partial charge in [0, 0.05) is 17.5 Å². The number of nitrogens with one attached hydrogen (secondary N) is 1. The molecule has 0 bridgehead atoms. The maximum absolute atomic E-state index is 13.0. The first kappa shape index (κ1) is 22.5. The van der Waals surface area contributed by atoms with Crippen molar-refractivity contribution in [3.05, 3.63) is 65.6 Å². The fraction of sp³-hybridized carbons (Fsp3) is 0.208. The van der Waals surface area contributed by atoms with Crippen LogP contribution in [0.5, 0.6) is 17.4 Å². The minimum atomic E-state index is -0.284. The summed E-state index contributed by atoms with van der Waals surface area (Å²) in [5.41, 5.74) is 2.71. The smallest absolute Gasteiger partial charge is 0.258 e. The number of thiophene rings is 1. The molecule has 4 rings (SSSR count). The lowest BCUT2D eigenvalue weighted by molar-refractivity contribution is -0.123. The molecule has 1 amide bonds. The van der Waals surface area contributed by atoms with Crippen LogP contribution in [0.2, 0.25) is 0 Å². The maximum atomic E-state index is 13.0. The number of nitrogens with zero attached hydrogens (tertiary/aromatic N) is 2. The predicted molar refractivity (Wildman–Crippen MR) is 125 cm³/mol. The summed E-state index contributed by atoms with van der Waals surface area (Å²) < 4.78 is 29.5. The van der Waals surface area contributed by atoms with Gasteiger partial charge in [-0.25, -0.2) is 14.4 Å². The summed E-state index contributed by atoms with van der Waals surface area (Å²) >= 11 is 1.46. The van der Waals surface area contributed by atoms with Crippen LogP contribution in [0.25, 0.3) is 21.3 Å². The Hall–Kier alpha value is -3.72. The van der Waals surface area contributed by atoms with Crippen molar-refractivity contribution in [3.63, 3.8) is 0 Å². The number of carbonyl (C=O) groups is 1. The van der Waals surface area contributed by atoms with Crippen molar-refractivity contribution in [2.45, 2.75) is 6.42 Å². The van der Waals surface area contributed by atoms with Crippen molar-refractivity contribution in [2.75, 3.05) is 27.4 Å². The van der Waals surface area contributed by atoms with Crippen molar-refractivity contribution >= 4 is 27.5 Å². The highest BCUT2D eigenvalue weighted by Gasteiger charge is 2.17. The molecule has 0 atom stereocenters. The van der Waals surface area contributed by atoms with E-state index in [-0.39, 0.29) is 18.3 Å². The van der Waals surface area contributed by atoms with Gasteiger partial charge >= 0.3 is 0 Å². The van der Waals surface area contributed by atoms with Crippen molar-refractivity contribution < 1.29 is 23.4 Å². The zero-order valence-corrected chi connectivity index (χ0v) is 18.9. The van der Waals surface area contributed by atoms with Crippen molar-refractivity contribution in [2.24, 2.45) is 0 Å². The highest BCUT2D eigenvalue weighted by molar-refractivity contribution is 7.17. The standard InChI is InChI=1S/C24H22FN3O4S/c1-30-19-8-5-16(11-20(19)31-2)18-13-33-24-22(18)23(27-14-28-24)32-12-21(29)26-10-9-15-3-6-17(25)7-4-15/h3-8,11,13-14H,9-10,12H2,1-2H3,(H,26,29). The quantitative estimate of drug-likeness (QED) is 0.396. The zero-order chi connectivity index (χ0) is 23.2.